The highest BCUT2D eigenvalue weighted by molar-refractivity contribution is 9.10. The van der Waals surface area contributed by atoms with Gasteiger partial charge in [0.25, 0.3) is 0 Å². The van der Waals surface area contributed by atoms with Crippen molar-refractivity contribution in [3.05, 3.63) is 65.8 Å². The van der Waals surface area contributed by atoms with Crippen LogP contribution in [-0.2, 0) is 9.36 Å². The van der Waals surface area contributed by atoms with E-state index in [9.17, 15) is 9.36 Å². The summed E-state index contributed by atoms with van der Waals surface area (Å²) < 4.78 is 18.7. The molecule has 1 aromatic heterocycles. The third-order valence-electron chi connectivity index (χ3n) is 4.38. The summed E-state index contributed by atoms with van der Waals surface area (Å²) in [6, 6.07) is 12.5. The number of para-hydroxylation sites is 1. The standard InChI is InChI=1S/C22H23BrN5O3P/c1-5-20(29)25-14-10-11-18(31-2)17(12-14)27-22-24-13-15(23)21(28-22)26-16-8-6-7-9-19(16)32(3,4)30/h5-13H,1H2,2-4H3,(H,25,29)(H2,24,26,27,28). The summed E-state index contributed by atoms with van der Waals surface area (Å²) in [5.74, 6) is 1.02. The highest BCUT2D eigenvalue weighted by Crippen LogP contribution is 2.39. The lowest BCUT2D eigenvalue weighted by molar-refractivity contribution is -0.111. The van der Waals surface area contributed by atoms with Crippen LogP contribution in [0.4, 0.5) is 28.8 Å². The summed E-state index contributed by atoms with van der Waals surface area (Å²) in [4.78, 5) is 20.5. The topological polar surface area (TPSA) is 105 Å². The summed E-state index contributed by atoms with van der Waals surface area (Å²) in [5, 5.41) is 9.78. The summed E-state index contributed by atoms with van der Waals surface area (Å²) in [6.07, 6.45) is 2.80. The van der Waals surface area contributed by atoms with Crippen LogP contribution in [0.1, 0.15) is 0 Å². The molecular formula is C22H23BrN5O3P. The fourth-order valence-electron chi connectivity index (χ4n) is 2.89. The first-order valence-corrected chi connectivity index (χ1v) is 12.9. The lowest BCUT2D eigenvalue weighted by Gasteiger charge is -2.16. The number of carbonyl (C=O) groups excluding carboxylic acids is 1. The van der Waals surface area contributed by atoms with Crippen molar-refractivity contribution in [2.45, 2.75) is 0 Å². The maximum Gasteiger partial charge on any atom is 0.247 e. The largest absolute Gasteiger partial charge is 0.495 e. The van der Waals surface area contributed by atoms with Crippen LogP contribution < -0.4 is 26.0 Å². The van der Waals surface area contributed by atoms with Gasteiger partial charge in [-0.3, -0.25) is 4.79 Å². The Balaban J connectivity index is 1.92. The van der Waals surface area contributed by atoms with Gasteiger partial charge in [0.1, 0.15) is 18.7 Å². The molecule has 0 spiro atoms. The predicted octanol–water partition coefficient (Wildman–Crippen LogP) is 5.11. The minimum absolute atomic E-state index is 0.301. The maximum atomic E-state index is 12.7. The van der Waals surface area contributed by atoms with Crippen molar-refractivity contribution in [2.75, 3.05) is 36.4 Å². The lowest BCUT2D eigenvalue weighted by atomic mass is 10.2. The van der Waals surface area contributed by atoms with E-state index in [2.05, 4.69) is 48.4 Å². The first kappa shape index (κ1) is 23.5. The molecule has 0 atom stereocenters. The van der Waals surface area contributed by atoms with Crippen LogP contribution in [0.3, 0.4) is 0 Å². The number of nitrogens with zero attached hydrogens (tertiary/aromatic N) is 2. The highest BCUT2D eigenvalue weighted by atomic mass is 79.9. The molecule has 2 aromatic carbocycles. The Morgan fingerprint density at radius 2 is 1.91 bits per heavy atom. The van der Waals surface area contributed by atoms with E-state index in [1.165, 1.54) is 6.08 Å². The molecule has 0 radical (unpaired) electrons. The number of hydrogen-bond donors (Lipinski definition) is 3. The van der Waals surface area contributed by atoms with Gasteiger partial charge in [-0.05, 0) is 65.7 Å². The molecule has 1 amide bonds. The van der Waals surface area contributed by atoms with Gasteiger partial charge in [-0.25, -0.2) is 4.98 Å². The molecule has 0 unspecified atom stereocenters. The van der Waals surface area contributed by atoms with E-state index in [1.54, 1.807) is 44.8 Å². The Morgan fingerprint density at radius 3 is 2.59 bits per heavy atom. The quantitative estimate of drug-likeness (QED) is 0.282. The molecule has 0 bridgehead atoms. The number of hydrogen-bond acceptors (Lipinski definition) is 7. The van der Waals surface area contributed by atoms with E-state index in [0.717, 1.165) is 5.30 Å². The van der Waals surface area contributed by atoms with Crippen molar-refractivity contribution >= 4 is 63.1 Å². The van der Waals surface area contributed by atoms with Crippen molar-refractivity contribution in [1.29, 1.82) is 0 Å². The molecule has 8 nitrogen and oxygen atoms in total. The first-order chi connectivity index (χ1) is 15.2. The van der Waals surface area contributed by atoms with Crippen LogP contribution in [0.15, 0.2) is 65.8 Å². The van der Waals surface area contributed by atoms with Crippen LogP contribution in [-0.4, -0.2) is 36.3 Å². The van der Waals surface area contributed by atoms with Crippen molar-refractivity contribution in [3.63, 3.8) is 0 Å². The maximum absolute atomic E-state index is 12.7. The molecule has 0 saturated heterocycles. The number of carbonyl (C=O) groups is 1. The molecule has 166 valence electrons. The molecule has 1 heterocycles. The van der Waals surface area contributed by atoms with Gasteiger partial charge in [0.2, 0.25) is 11.9 Å². The van der Waals surface area contributed by atoms with E-state index in [0.29, 0.717) is 39.1 Å². The van der Waals surface area contributed by atoms with E-state index in [4.69, 9.17) is 4.74 Å². The Bertz CT molecular complexity index is 1210. The molecule has 0 aliphatic rings. The van der Waals surface area contributed by atoms with Gasteiger partial charge in [-0.2, -0.15) is 4.98 Å². The number of nitrogens with one attached hydrogen (secondary N) is 3. The highest BCUT2D eigenvalue weighted by Gasteiger charge is 2.17. The zero-order valence-corrected chi connectivity index (χ0v) is 20.3. The van der Waals surface area contributed by atoms with E-state index in [-0.39, 0.29) is 5.91 Å². The molecule has 0 aliphatic carbocycles. The van der Waals surface area contributed by atoms with Crippen LogP contribution in [0.5, 0.6) is 5.75 Å². The average molecular weight is 516 g/mol. The normalized spacial score (nSPS) is 10.9. The van der Waals surface area contributed by atoms with Crippen LogP contribution in [0, 0.1) is 0 Å². The molecule has 3 N–H and O–H groups in total. The lowest BCUT2D eigenvalue weighted by Crippen LogP contribution is -2.11. The number of amides is 1. The molecule has 3 rings (SSSR count). The minimum atomic E-state index is -2.50. The predicted molar refractivity (Wildman–Crippen MR) is 134 cm³/mol. The molecule has 32 heavy (non-hydrogen) atoms. The third-order valence-corrected chi connectivity index (χ3v) is 6.51. The zero-order chi connectivity index (χ0) is 23.3. The Labute approximate surface area is 195 Å². The van der Waals surface area contributed by atoms with Crippen molar-refractivity contribution in [3.8, 4) is 5.75 Å². The smallest absolute Gasteiger partial charge is 0.247 e. The van der Waals surface area contributed by atoms with E-state index in [1.807, 2.05) is 24.3 Å². The molecule has 0 aliphatic heterocycles. The Kier molecular flexibility index (Phi) is 7.33. The van der Waals surface area contributed by atoms with Crippen LogP contribution in [0.2, 0.25) is 0 Å². The van der Waals surface area contributed by atoms with E-state index >= 15 is 0 Å². The number of anilines is 5. The van der Waals surface area contributed by atoms with Gasteiger partial charge >= 0.3 is 0 Å². The average Bonchev–Trinajstić information content (AvgIpc) is 2.76. The summed E-state index contributed by atoms with van der Waals surface area (Å²) in [6.45, 7) is 6.90. The molecule has 3 aromatic rings. The number of aromatic nitrogens is 2. The van der Waals surface area contributed by atoms with Crippen molar-refractivity contribution < 1.29 is 14.1 Å². The summed E-state index contributed by atoms with van der Waals surface area (Å²) in [7, 11) is -0.956. The second kappa shape index (κ2) is 9.97. The second-order valence-corrected chi connectivity index (χ2v) is 11.2. The molecular weight excluding hydrogens is 493 g/mol. The molecule has 0 fully saturated rings. The van der Waals surface area contributed by atoms with Gasteiger partial charge in [-0.15, -0.1) is 0 Å². The number of benzene rings is 2. The van der Waals surface area contributed by atoms with E-state index < -0.39 is 7.14 Å². The van der Waals surface area contributed by atoms with Crippen LogP contribution in [0.25, 0.3) is 0 Å². The number of halogens is 1. The third kappa shape index (κ3) is 5.75. The summed E-state index contributed by atoms with van der Waals surface area (Å²) >= 11 is 3.46. The van der Waals surface area contributed by atoms with Gasteiger partial charge < -0.3 is 25.3 Å². The van der Waals surface area contributed by atoms with Gasteiger partial charge in [-0.1, -0.05) is 18.7 Å². The molecule has 10 heteroatoms. The zero-order valence-electron chi connectivity index (χ0n) is 17.8. The SMILES string of the molecule is C=CC(=O)Nc1ccc(OC)c(Nc2ncc(Br)c(Nc3ccccc3P(C)(C)=O)n2)c1. The molecule has 0 saturated carbocycles. The number of ether oxygens (including phenoxy) is 1. The monoisotopic (exact) mass is 515 g/mol. The van der Waals surface area contributed by atoms with Crippen molar-refractivity contribution in [1.82, 2.24) is 9.97 Å². The minimum Gasteiger partial charge on any atom is -0.495 e. The van der Waals surface area contributed by atoms with Gasteiger partial charge in [0, 0.05) is 17.2 Å². The number of methoxy groups -OCH3 is 1. The summed E-state index contributed by atoms with van der Waals surface area (Å²) in [5.41, 5.74) is 1.83. The van der Waals surface area contributed by atoms with Gasteiger partial charge in [0.05, 0.1) is 23.0 Å². The van der Waals surface area contributed by atoms with Gasteiger partial charge in [0.15, 0.2) is 0 Å². The fourth-order valence-corrected chi connectivity index (χ4v) is 4.33. The fraction of sp³-hybridized carbons (Fsp3) is 0.136. The van der Waals surface area contributed by atoms with Crippen LogP contribution >= 0.6 is 23.1 Å². The van der Waals surface area contributed by atoms with Crippen molar-refractivity contribution in [2.24, 2.45) is 0 Å². The Hall–Kier alpha value is -3.16. The number of rotatable bonds is 8. The Morgan fingerprint density at radius 1 is 1.16 bits per heavy atom. The second-order valence-electron chi connectivity index (χ2n) is 7.12. The first-order valence-electron chi connectivity index (χ1n) is 9.54.